The minimum Gasteiger partial charge on any atom is -0.395 e. The standard InChI is InChI=1S/C12H12N2O3/c15-6-12(3-4-12)10(16)7-1-2-8-9(5-7)14-11(17)13-8/h1-2,5,15H,3-4,6H2,(H2,13,14,17). The van der Waals surface area contributed by atoms with Crippen LogP contribution in [0.1, 0.15) is 23.2 Å². The molecule has 0 saturated heterocycles. The van der Waals surface area contributed by atoms with Crippen LogP contribution in [-0.4, -0.2) is 27.5 Å². The second-order valence-electron chi connectivity index (χ2n) is 4.61. The van der Waals surface area contributed by atoms with Crippen molar-refractivity contribution in [2.24, 2.45) is 5.41 Å². The second-order valence-corrected chi connectivity index (χ2v) is 4.61. The van der Waals surface area contributed by atoms with E-state index >= 15 is 0 Å². The number of H-pyrrole nitrogens is 2. The summed E-state index contributed by atoms with van der Waals surface area (Å²) in [6, 6.07) is 5.05. The summed E-state index contributed by atoms with van der Waals surface area (Å²) in [4.78, 5) is 28.5. The molecule has 1 heterocycles. The molecule has 5 nitrogen and oxygen atoms in total. The Hall–Kier alpha value is -1.88. The van der Waals surface area contributed by atoms with Crippen molar-refractivity contribution in [3.8, 4) is 0 Å². The van der Waals surface area contributed by atoms with Gasteiger partial charge in [-0.15, -0.1) is 0 Å². The molecular formula is C12H12N2O3. The molecule has 0 atom stereocenters. The molecular weight excluding hydrogens is 220 g/mol. The van der Waals surface area contributed by atoms with Crippen molar-refractivity contribution in [2.75, 3.05) is 6.61 Å². The average molecular weight is 232 g/mol. The van der Waals surface area contributed by atoms with Crippen LogP contribution in [-0.2, 0) is 0 Å². The molecule has 1 aromatic heterocycles. The number of benzene rings is 1. The van der Waals surface area contributed by atoms with Crippen LogP contribution in [0.5, 0.6) is 0 Å². The van der Waals surface area contributed by atoms with Gasteiger partial charge in [0.2, 0.25) is 0 Å². The average Bonchev–Trinajstić information content (AvgIpc) is 3.03. The van der Waals surface area contributed by atoms with Crippen LogP contribution < -0.4 is 5.69 Å². The number of imidazole rings is 1. The number of aromatic nitrogens is 2. The molecule has 3 N–H and O–H groups in total. The summed E-state index contributed by atoms with van der Waals surface area (Å²) in [5, 5.41) is 9.22. The fourth-order valence-electron chi connectivity index (χ4n) is 2.09. The highest BCUT2D eigenvalue weighted by Crippen LogP contribution is 2.47. The van der Waals surface area contributed by atoms with Gasteiger partial charge in [0.1, 0.15) is 0 Å². The smallest absolute Gasteiger partial charge is 0.323 e. The van der Waals surface area contributed by atoms with E-state index < -0.39 is 5.41 Å². The summed E-state index contributed by atoms with van der Waals surface area (Å²) in [7, 11) is 0. The zero-order chi connectivity index (χ0) is 12.0. The topological polar surface area (TPSA) is 86.0 Å². The summed E-state index contributed by atoms with van der Waals surface area (Å²) in [6.45, 7) is -0.104. The van der Waals surface area contributed by atoms with E-state index in [2.05, 4.69) is 9.97 Å². The Morgan fingerprint density at radius 3 is 2.65 bits per heavy atom. The molecule has 0 amide bonds. The third kappa shape index (κ3) is 1.51. The van der Waals surface area contributed by atoms with Crippen molar-refractivity contribution >= 4 is 16.8 Å². The first-order valence-electron chi connectivity index (χ1n) is 5.52. The van der Waals surface area contributed by atoms with Crippen LogP contribution in [0.15, 0.2) is 23.0 Å². The molecule has 2 aromatic rings. The van der Waals surface area contributed by atoms with Gasteiger partial charge in [0.15, 0.2) is 5.78 Å². The van der Waals surface area contributed by atoms with Gasteiger partial charge in [0.05, 0.1) is 23.1 Å². The predicted molar refractivity (Wildman–Crippen MR) is 62.0 cm³/mol. The van der Waals surface area contributed by atoms with Gasteiger partial charge in [-0.3, -0.25) is 4.79 Å². The molecule has 1 aromatic carbocycles. The number of fused-ring (bicyclic) bond motifs is 1. The summed E-state index contributed by atoms with van der Waals surface area (Å²) in [5.74, 6) is -0.0380. The fourth-order valence-corrected chi connectivity index (χ4v) is 2.09. The Bertz CT molecular complexity index is 649. The maximum absolute atomic E-state index is 12.1. The van der Waals surface area contributed by atoms with E-state index in [1.165, 1.54) is 0 Å². The lowest BCUT2D eigenvalue weighted by Crippen LogP contribution is -2.19. The van der Waals surface area contributed by atoms with Crippen molar-refractivity contribution in [3.63, 3.8) is 0 Å². The first-order chi connectivity index (χ1) is 8.14. The number of Topliss-reactive ketones (excluding diaryl/α,β-unsaturated/α-hetero) is 1. The third-order valence-electron chi connectivity index (χ3n) is 3.42. The Morgan fingerprint density at radius 2 is 2.00 bits per heavy atom. The SMILES string of the molecule is O=C(c1ccc2[nH]c(=O)[nH]c2c1)C1(CO)CC1. The van der Waals surface area contributed by atoms with E-state index in [-0.39, 0.29) is 18.1 Å². The number of rotatable bonds is 3. The molecule has 1 aliphatic carbocycles. The van der Waals surface area contributed by atoms with Crippen molar-refractivity contribution in [2.45, 2.75) is 12.8 Å². The second kappa shape index (κ2) is 3.30. The quantitative estimate of drug-likeness (QED) is 0.684. The molecule has 88 valence electrons. The first kappa shape index (κ1) is 10.3. The summed E-state index contributed by atoms with van der Waals surface area (Å²) >= 11 is 0. The van der Waals surface area contributed by atoms with E-state index in [1.54, 1.807) is 18.2 Å². The monoisotopic (exact) mass is 232 g/mol. The zero-order valence-electron chi connectivity index (χ0n) is 9.12. The van der Waals surface area contributed by atoms with E-state index in [0.29, 0.717) is 16.6 Å². The number of hydrogen-bond acceptors (Lipinski definition) is 3. The molecule has 1 saturated carbocycles. The molecule has 17 heavy (non-hydrogen) atoms. The summed E-state index contributed by atoms with van der Waals surface area (Å²) in [5.41, 5.74) is 0.992. The largest absolute Gasteiger partial charge is 0.395 e. The highest BCUT2D eigenvalue weighted by atomic mass is 16.3. The lowest BCUT2D eigenvalue weighted by molar-refractivity contribution is 0.0830. The Labute approximate surface area is 96.5 Å². The highest BCUT2D eigenvalue weighted by Gasteiger charge is 2.49. The molecule has 1 aliphatic rings. The van der Waals surface area contributed by atoms with Gasteiger partial charge in [-0.25, -0.2) is 4.79 Å². The summed E-state index contributed by atoms with van der Waals surface area (Å²) in [6.07, 6.45) is 1.48. The number of ketones is 1. The lowest BCUT2D eigenvalue weighted by Gasteiger charge is -2.09. The molecule has 0 unspecified atom stereocenters. The molecule has 5 heteroatoms. The van der Waals surface area contributed by atoms with Crippen LogP contribution in [0.4, 0.5) is 0 Å². The van der Waals surface area contributed by atoms with E-state index in [4.69, 9.17) is 0 Å². The van der Waals surface area contributed by atoms with Gasteiger partial charge in [-0.1, -0.05) is 0 Å². The normalized spacial score (nSPS) is 17.2. The molecule has 3 rings (SSSR count). The minimum atomic E-state index is -0.565. The van der Waals surface area contributed by atoms with Crippen LogP contribution in [0.2, 0.25) is 0 Å². The van der Waals surface area contributed by atoms with Crippen molar-refractivity contribution in [1.29, 1.82) is 0 Å². The van der Waals surface area contributed by atoms with Crippen LogP contribution in [0.25, 0.3) is 11.0 Å². The predicted octanol–water partition coefficient (Wildman–Crippen LogP) is 0.811. The lowest BCUT2D eigenvalue weighted by atomic mass is 9.95. The van der Waals surface area contributed by atoms with Gasteiger partial charge < -0.3 is 15.1 Å². The number of aromatic amines is 2. The number of carbonyl (C=O) groups is 1. The van der Waals surface area contributed by atoms with Crippen LogP contribution in [0, 0.1) is 5.41 Å². The van der Waals surface area contributed by atoms with Gasteiger partial charge >= 0.3 is 5.69 Å². The van der Waals surface area contributed by atoms with Gasteiger partial charge in [0, 0.05) is 5.56 Å². The number of nitrogens with one attached hydrogen (secondary N) is 2. The maximum Gasteiger partial charge on any atom is 0.323 e. The molecule has 0 aliphatic heterocycles. The third-order valence-corrected chi connectivity index (χ3v) is 3.42. The number of carbonyl (C=O) groups excluding carboxylic acids is 1. The molecule has 0 spiro atoms. The van der Waals surface area contributed by atoms with Crippen LogP contribution >= 0.6 is 0 Å². The fraction of sp³-hybridized carbons (Fsp3) is 0.333. The zero-order valence-corrected chi connectivity index (χ0v) is 9.12. The Balaban J connectivity index is 2.06. The van der Waals surface area contributed by atoms with E-state index in [1.807, 2.05) is 0 Å². The molecule has 0 radical (unpaired) electrons. The Kier molecular flexibility index (Phi) is 2.00. The van der Waals surface area contributed by atoms with Gasteiger partial charge in [-0.2, -0.15) is 0 Å². The number of aliphatic hydroxyl groups excluding tert-OH is 1. The van der Waals surface area contributed by atoms with E-state index in [0.717, 1.165) is 12.8 Å². The highest BCUT2D eigenvalue weighted by molar-refractivity contribution is 6.04. The first-order valence-corrected chi connectivity index (χ1v) is 5.52. The molecule has 0 bridgehead atoms. The van der Waals surface area contributed by atoms with Crippen molar-refractivity contribution in [1.82, 2.24) is 9.97 Å². The number of hydrogen-bond donors (Lipinski definition) is 3. The van der Waals surface area contributed by atoms with Gasteiger partial charge in [0.25, 0.3) is 0 Å². The van der Waals surface area contributed by atoms with Crippen LogP contribution in [0.3, 0.4) is 0 Å². The van der Waals surface area contributed by atoms with E-state index in [9.17, 15) is 14.7 Å². The number of aliphatic hydroxyl groups is 1. The van der Waals surface area contributed by atoms with Gasteiger partial charge in [-0.05, 0) is 31.0 Å². The Morgan fingerprint density at radius 1 is 1.29 bits per heavy atom. The maximum atomic E-state index is 12.1. The van der Waals surface area contributed by atoms with Crippen molar-refractivity contribution in [3.05, 3.63) is 34.2 Å². The van der Waals surface area contributed by atoms with Crippen molar-refractivity contribution < 1.29 is 9.90 Å². The minimum absolute atomic E-state index is 0.0380. The molecule has 1 fully saturated rings. The summed E-state index contributed by atoms with van der Waals surface area (Å²) < 4.78 is 0.